The van der Waals surface area contributed by atoms with Crippen LogP contribution in [0.25, 0.3) is 10.9 Å². The minimum atomic E-state index is -1.36. The maximum Gasteiger partial charge on any atom is 0.341 e. The van der Waals surface area contributed by atoms with Gasteiger partial charge in [0, 0.05) is 40.0 Å². The van der Waals surface area contributed by atoms with Crippen molar-refractivity contribution in [3.8, 4) is 0 Å². The monoisotopic (exact) mass is 465 g/mol. The van der Waals surface area contributed by atoms with Gasteiger partial charge in [0.25, 0.3) is 0 Å². The third kappa shape index (κ3) is 5.87. The Hall–Kier alpha value is -2.35. The zero-order valence-electron chi connectivity index (χ0n) is 17.4. The van der Waals surface area contributed by atoms with Crippen LogP contribution in [0, 0.1) is 5.82 Å². The normalized spacial score (nSPS) is 10.6. The summed E-state index contributed by atoms with van der Waals surface area (Å²) >= 11 is 10.5. The largest absolute Gasteiger partial charge is 0.477 e. The number of carboxylic acids is 1. The number of aromatic nitrogens is 1. The number of thiol groups is 1. The maximum atomic E-state index is 14.1. The number of benzene rings is 2. The molecule has 0 aliphatic heterocycles. The third-order valence-corrected chi connectivity index (χ3v) is 5.55. The molecule has 0 fully saturated rings. The van der Waals surface area contributed by atoms with Crippen LogP contribution in [-0.2, 0) is 13.0 Å². The van der Waals surface area contributed by atoms with Crippen molar-refractivity contribution in [3.05, 3.63) is 74.3 Å². The van der Waals surface area contributed by atoms with Crippen LogP contribution >= 0.6 is 24.2 Å². The van der Waals surface area contributed by atoms with Gasteiger partial charge in [-0.1, -0.05) is 44.4 Å². The first-order valence-electron chi connectivity index (χ1n) is 9.91. The minimum absolute atomic E-state index is 0.0943. The van der Waals surface area contributed by atoms with Gasteiger partial charge in [-0.05, 0) is 29.8 Å². The van der Waals surface area contributed by atoms with E-state index >= 15 is 0 Å². The highest BCUT2D eigenvalue weighted by atomic mass is 35.5. The number of rotatable bonds is 6. The standard InChI is InChI=1S/C19H15ClFNO4S.C4H10/c20-14-2-1-3-15(21)11(14)6-10-7-12-16(8-17(10)27)22(4-5-23)9-13(18(12)24)19(25)26;1-3-4-2/h1-3,7-9,23,27H,4-6H2,(H,25,26);3-4H2,1-2H3. The number of nitrogens with zero attached hydrogens (tertiary/aromatic N) is 1. The number of hydrogen-bond donors (Lipinski definition) is 3. The lowest BCUT2D eigenvalue weighted by Gasteiger charge is -2.14. The highest BCUT2D eigenvalue weighted by Crippen LogP contribution is 2.28. The molecular weight excluding hydrogens is 441 g/mol. The lowest BCUT2D eigenvalue weighted by atomic mass is 10.0. The number of fused-ring (bicyclic) bond motifs is 1. The van der Waals surface area contributed by atoms with Gasteiger partial charge in [-0.2, -0.15) is 0 Å². The second-order valence-corrected chi connectivity index (χ2v) is 7.86. The summed E-state index contributed by atoms with van der Waals surface area (Å²) in [5.41, 5.74) is 0.179. The van der Waals surface area contributed by atoms with Crippen LogP contribution < -0.4 is 5.43 Å². The number of aliphatic hydroxyl groups is 1. The van der Waals surface area contributed by atoms with Crippen LogP contribution in [0.1, 0.15) is 48.2 Å². The molecule has 0 bridgehead atoms. The molecule has 2 aromatic carbocycles. The van der Waals surface area contributed by atoms with E-state index in [1.807, 2.05) is 0 Å². The molecule has 0 saturated carbocycles. The van der Waals surface area contributed by atoms with E-state index < -0.39 is 22.8 Å². The topological polar surface area (TPSA) is 79.5 Å². The van der Waals surface area contributed by atoms with E-state index in [0.29, 0.717) is 16.0 Å². The van der Waals surface area contributed by atoms with E-state index in [2.05, 4.69) is 26.5 Å². The van der Waals surface area contributed by atoms with Crippen LogP contribution in [-0.4, -0.2) is 27.4 Å². The average Bonchev–Trinajstić information content (AvgIpc) is 2.73. The Morgan fingerprint density at radius 3 is 2.45 bits per heavy atom. The molecule has 1 aromatic heterocycles. The molecule has 0 atom stereocenters. The van der Waals surface area contributed by atoms with Gasteiger partial charge in [0.15, 0.2) is 0 Å². The minimum Gasteiger partial charge on any atom is -0.477 e. The third-order valence-electron chi connectivity index (χ3n) is 4.78. The summed E-state index contributed by atoms with van der Waals surface area (Å²) in [4.78, 5) is 24.5. The van der Waals surface area contributed by atoms with Gasteiger partial charge >= 0.3 is 5.97 Å². The first-order chi connectivity index (χ1) is 14.7. The van der Waals surface area contributed by atoms with Crippen LogP contribution in [0.3, 0.4) is 0 Å². The Balaban J connectivity index is 0.000000785. The van der Waals surface area contributed by atoms with E-state index in [0.717, 1.165) is 0 Å². The van der Waals surface area contributed by atoms with E-state index in [1.165, 1.54) is 41.8 Å². The van der Waals surface area contributed by atoms with Crippen LogP contribution in [0.5, 0.6) is 0 Å². The van der Waals surface area contributed by atoms with Gasteiger partial charge in [0.05, 0.1) is 12.1 Å². The van der Waals surface area contributed by atoms with Crippen LogP contribution in [0.4, 0.5) is 4.39 Å². The van der Waals surface area contributed by atoms with Gasteiger partial charge in [-0.15, -0.1) is 12.6 Å². The molecule has 0 aliphatic carbocycles. The van der Waals surface area contributed by atoms with Crippen molar-refractivity contribution in [2.75, 3.05) is 6.61 Å². The molecular formula is C23H25ClFNO4S. The summed E-state index contributed by atoms with van der Waals surface area (Å²) < 4.78 is 15.6. The average molecular weight is 466 g/mol. The SMILES string of the molecule is CCCC.O=C(O)c1cn(CCO)c2cc(S)c(Cc3c(F)cccc3Cl)cc2c1=O. The lowest BCUT2D eigenvalue weighted by molar-refractivity contribution is 0.0694. The lowest BCUT2D eigenvalue weighted by Crippen LogP contribution is -2.20. The summed E-state index contributed by atoms with van der Waals surface area (Å²) in [7, 11) is 0. The predicted molar refractivity (Wildman–Crippen MR) is 124 cm³/mol. The molecule has 0 spiro atoms. The highest BCUT2D eigenvalue weighted by molar-refractivity contribution is 7.80. The molecule has 5 nitrogen and oxygen atoms in total. The van der Waals surface area contributed by atoms with Crippen molar-refractivity contribution >= 4 is 41.1 Å². The fourth-order valence-corrected chi connectivity index (χ4v) is 3.44. The quantitative estimate of drug-likeness (QED) is 0.439. The Morgan fingerprint density at radius 2 is 1.90 bits per heavy atom. The Morgan fingerprint density at radius 1 is 1.23 bits per heavy atom. The molecule has 3 rings (SSSR count). The summed E-state index contributed by atoms with van der Waals surface area (Å²) in [5, 5.41) is 18.9. The van der Waals surface area contributed by atoms with Crippen molar-refractivity contribution in [3.63, 3.8) is 0 Å². The number of carboxylic acid groups (broad SMARTS) is 1. The van der Waals surface area contributed by atoms with Crippen molar-refractivity contribution in [2.45, 2.75) is 44.6 Å². The Kier molecular flexibility index (Phi) is 9.10. The number of hydrogen-bond acceptors (Lipinski definition) is 4. The molecule has 166 valence electrons. The molecule has 0 saturated heterocycles. The molecule has 0 unspecified atom stereocenters. The summed E-state index contributed by atoms with van der Waals surface area (Å²) in [6, 6.07) is 7.46. The maximum absolute atomic E-state index is 14.1. The molecule has 0 radical (unpaired) electrons. The predicted octanol–water partition coefficient (Wildman–Crippen LogP) is 5.17. The fraction of sp³-hybridized carbons (Fsp3) is 0.304. The summed E-state index contributed by atoms with van der Waals surface area (Å²) in [5.74, 6) is -1.84. The van der Waals surface area contributed by atoms with Crippen molar-refractivity contribution < 1.29 is 19.4 Å². The van der Waals surface area contributed by atoms with Gasteiger partial charge < -0.3 is 14.8 Å². The van der Waals surface area contributed by atoms with Gasteiger partial charge in [-0.3, -0.25) is 4.79 Å². The molecule has 8 heteroatoms. The molecule has 0 aliphatic rings. The number of unbranched alkanes of at least 4 members (excludes halogenated alkanes) is 1. The number of carbonyl (C=O) groups is 1. The zero-order chi connectivity index (χ0) is 23.1. The highest BCUT2D eigenvalue weighted by Gasteiger charge is 2.17. The number of aromatic carboxylic acids is 1. The van der Waals surface area contributed by atoms with E-state index in [-0.39, 0.29) is 35.5 Å². The van der Waals surface area contributed by atoms with Gasteiger partial charge in [0.1, 0.15) is 11.4 Å². The zero-order valence-corrected chi connectivity index (χ0v) is 19.0. The van der Waals surface area contributed by atoms with E-state index in [9.17, 15) is 24.2 Å². The number of aliphatic hydroxyl groups excluding tert-OH is 1. The second-order valence-electron chi connectivity index (χ2n) is 6.97. The van der Waals surface area contributed by atoms with Crippen molar-refractivity contribution in [1.82, 2.24) is 4.57 Å². The van der Waals surface area contributed by atoms with E-state index in [4.69, 9.17) is 11.6 Å². The smallest absolute Gasteiger partial charge is 0.341 e. The Labute approximate surface area is 190 Å². The van der Waals surface area contributed by atoms with E-state index in [1.54, 1.807) is 12.1 Å². The van der Waals surface area contributed by atoms with Gasteiger partial charge in [0.2, 0.25) is 5.43 Å². The molecule has 31 heavy (non-hydrogen) atoms. The first kappa shape index (κ1) is 24.9. The number of pyridine rings is 1. The number of halogens is 2. The molecule has 0 amide bonds. The summed E-state index contributed by atoms with van der Waals surface area (Å²) in [6.07, 6.45) is 3.93. The van der Waals surface area contributed by atoms with Crippen molar-refractivity contribution in [1.29, 1.82) is 0 Å². The van der Waals surface area contributed by atoms with Crippen LogP contribution in [0.2, 0.25) is 5.02 Å². The summed E-state index contributed by atoms with van der Waals surface area (Å²) in [6.45, 7) is 4.24. The van der Waals surface area contributed by atoms with Crippen LogP contribution in [0.15, 0.2) is 46.2 Å². The Bertz CT molecular complexity index is 1120. The fourth-order valence-electron chi connectivity index (χ4n) is 2.95. The van der Waals surface area contributed by atoms with Crippen molar-refractivity contribution in [2.24, 2.45) is 0 Å². The second kappa shape index (κ2) is 11.3. The molecule has 2 N–H and O–H groups in total. The molecule has 1 heterocycles. The van der Waals surface area contributed by atoms with Gasteiger partial charge in [-0.25, -0.2) is 9.18 Å². The first-order valence-corrected chi connectivity index (χ1v) is 10.7. The molecule has 3 aromatic rings.